The zero-order valence-corrected chi connectivity index (χ0v) is 9.50. The van der Waals surface area contributed by atoms with Gasteiger partial charge in [0.15, 0.2) is 0 Å². The molecular weight excluding hydrogens is 172 g/mol. The van der Waals surface area contributed by atoms with Crippen LogP contribution < -0.4 is 0 Å². The molecular formula is C13H24O. The summed E-state index contributed by atoms with van der Waals surface area (Å²) in [5.41, 5.74) is 0. The van der Waals surface area contributed by atoms with E-state index in [9.17, 15) is 0 Å². The lowest BCUT2D eigenvalue weighted by molar-refractivity contribution is 0.121. The third-order valence-electron chi connectivity index (χ3n) is 4.26. The Kier molecular flexibility index (Phi) is 3.86. The van der Waals surface area contributed by atoms with Crippen molar-refractivity contribution in [1.82, 2.24) is 0 Å². The highest BCUT2D eigenvalue weighted by Crippen LogP contribution is 2.38. The number of ether oxygens (including phenoxy) is 1. The molecule has 2 fully saturated rings. The van der Waals surface area contributed by atoms with Crippen molar-refractivity contribution < 1.29 is 4.74 Å². The Morgan fingerprint density at radius 2 is 1.64 bits per heavy atom. The monoisotopic (exact) mass is 196 g/mol. The van der Waals surface area contributed by atoms with Gasteiger partial charge in [-0.3, -0.25) is 0 Å². The van der Waals surface area contributed by atoms with Crippen LogP contribution in [0.5, 0.6) is 0 Å². The first-order valence-corrected chi connectivity index (χ1v) is 6.37. The van der Waals surface area contributed by atoms with E-state index < -0.39 is 0 Å². The van der Waals surface area contributed by atoms with E-state index in [1.54, 1.807) is 0 Å². The molecule has 0 radical (unpaired) electrons. The van der Waals surface area contributed by atoms with Crippen molar-refractivity contribution in [2.75, 3.05) is 13.7 Å². The predicted octanol–water partition coefficient (Wildman–Crippen LogP) is 3.63. The summed E-state index contributed by atoms with van der Waals surface area (Å²) in [6, 6.07) is 0. The quantitative estimate of drug-likeness (QED) is 0.655. The lowest BCUT2D eigenvalue weighted by Gasteiger charge is -2.26. The minimum absolute atomic E-state index is 0.867. The van der Waals surface area contributed by atoms with Gasteiger partial charge >= 0.3 is 0 Å². The SMILES string of the molecule is COCC1CCC2CCCC(CC2)C1. The Hall–Kier alpha value is -0.0400. The lowest BCUT2D eigenvalue weighted by Crippen LogP contribution is -2.17. The first-order valence-electron chi connectivity index (χ1n) is 6.37. The second-order valence-electron chi connectivity index (χ2n) is 5.37. The average Bonchev–Trinajstić information content (AvgIpc) is 2.32. The van der Waals surface area contributed by atoms with Crippen LogP contribution in [0.4, 0.5) is 0 Å². The van der Waals surface area contributed by atoms with E-state index in [-0.39, 0.29) is 0 Å². The van der Waals surface area contributed by atoms with Crippen molar-refractivity contribution >= 4 is 0 Å². The van der Waals surface area contributed by atoms with Crippen LogP contribution in [-0.2, 0) is 4.74 Å². The molecule has 2 aliphatic carbocycles. The van der Waals surface area contributed by atoms with Gasteiger partial charge in [-0.15, -0.1) is 0 Å². The molecule has 2 aliphatic rings. The fourth-order valence-electron chi connectivity index (χ4n) is 3.43. The van der Waals surface area contributed by atoms with Gasteiger partial charge in [0.1, 0.15) is 0 Å². The summed E-state index contributed by atoms with van der Waals surface area (Å²) in [6.45, 7) is 1.00. The number of hydrogen-bond donors (Lipinski definition) is 0. The molecule has 1 nitrogen and oxygen atoms in total. The van der Waals surface area contributed by atoms with E-state index in [1.807, 2.05) is 7.11 Å². The maximum Gasteiger partial charge on any atom is 0.0490 e. The molecule has 0 spiro atoms. The summed E-state index contributed by atoms with van der Waals surface area (Å²) < 4.78 is 5.33. The van der Waals surface area contributed by atoms with Gasteiger partial charge in [0.2, 0.25) is 0 Å². The summed E-state index contributed by atoms with van der Waals surface area (Å²) in [5, 5.41) is 0. The summed E-state index contributed by atoms with van der Waals surface area (Å²) >= 11 is 0. The third-order valence-corrected chi connectivity index (χ3v) is 4.26. The first kappa shape index (κ1) is 10.5. The fourth-order valence-corrected chi connectivity index (χ4v) is 3.43. The van der Waals surface area contributed by atoms with E-state index in [0.717, 1.165) is 24.4 Å². The van der Waals surface area contributed by atoms with Gasteiger partial charge in [-0.05, 0) is 30.6 Å². The Morgan fingerprint density at radius 1 is 0.929 bits per heavy atom. The second kappa shape index (κ2) is 5.16. The molecule has 2 bridgehead atoms. The van der Waals surface area contributed by atoms with Gasteiger partial charge in [-0.2, -0.15) is 0 Å². The topological polar surface area (TPSA) is 9.23 Å². The van der Waals surface area contributed by atoms with Crippen LogP contribution >= 0.6 is 0 Å². The van der Waals surface area contributed by atoms with Crippen LogP contribution in [0.2, 0.25) is 0 Å². The van der Waals surface area contributed by atoms with E-state index in [1.165, 1.54) is 51.4 Å². The fraction of sp³-hybridized carbons (Fsp3) is 1.00. The Balaban J connectivity index is 1.93. The van der Waals surface area contributed by atoms with Gasteiger partial charge in [-0.25, -0.2) is 0 Å². The van der Waals surface area contributed by atoms with Crippen molar-refractivity contribution in [2.24, 2.45) is 17.8 Å². The molecule has 14 heavy (non-hydrogen) atoms. The van der Waals surface area contributed by atoms with Crippen molar-refractivity contribution in [2.45, 2.75) is 51.4 Å². The van der Waals surface area contributed by atoms with Crippen LogP contribution in [0.3, 0.4) is 0 Å². The van der Waals surface area contributed by atoms with Crippen LogP contribution in [0.25, 0.3) is 0 Å². The molecule has 2 rings (SSSR count). The van der Waals surface area contributed by atoms with Crippen molar-refractivity contribution in [3.63, 3.8) is 0 Å². The zero-order valence-electron chi connectivity index (χ0n) is 9.50. The summed E-state index contributed by atoms with van der Waals surface area (Å²) in [7, 11) is 1.85. The minimum atomic E-state index is 0.867. The van der Waals surface area contributed by atoms with Crippen molar-refractivity contribution in [3.8, 4) is 0 Å². The standard InChI is InChI=1S/C13H24O/c1-14-10-13-8-6-11-3-2-4-12(9-13)7-5-11/h11-13H,2-10H2,1H3. The van der Waals surface area contributed by atoms with Gasteiger partial charge < -0.3 is 4.74 Å². The number of methoxy groups -OCH3 is 1. The predicted molar refractivity (Wildman–Crippen MR) is 59.3 cm³/mol. The molecule has 0 amide bonds. The van der Waals surface area contributed by atoms with Crippen LogP contribution in [0.1, 0.15) is 51.4 Å². The third kappa shape index (κ3) is 2.73. The van der Waals surface area contributed by atoms with Gasteiger partial charge in [0.25, 0.3) is 0 Å². The number of fused-ring (bicyclic) bond motifs is 3. The highest BCUT2D eigenvalue weighted by molar-refractivity contribution is 4.77. The Bertz CT molecular complexity index is 167. The normalized spacial score (nSPS) is 38.8. The summed E-state index contributed by atoms with van der Waals surface area (Å²) in [5.74, 6) is 2.95. The van der Waals surface area contributed by atoms with Gasteiger partial charge in [-0.1, -0.05) is 38.5 Å². The number of hydrogen-bond acceptors (Lipinski definition) is 1. The van der Waals surface area contributed by atoms with Crippen LogP contribution in [0.15, 0.2) is 0 Å². The molecule has 0 aromatic carbocycles. The molecule has 3 atom stereocenters. The molecule has 0 aliphatic heterocycles. The molecule has 0 heterocycles. The average molecular weight is 196 g/mol. The van der Waals surface area contributed by atoms with Gasteiger partial charge in [0.05, 0.1) is 0 Å². The summed E-state index contributed by atoms with van der Waals surface area (Å²) in [4.78, 5) is 0. The summed E-state index contributed by atoms with van der Waals surface area (Å²) in [6.07, 6.45) is 11.9. The largest absolute Gasteiger partial charge is 0.384 e. The zero-order chi connectivity index (χ0) is 9.80. The molecule has 0 aromatic heterocycles. The van der Waals surface area contributed by atoms with Crippen LogP contribution in [0, 0.1) is 17.8 Å². The van der Waals surface area contributed by atoms with E-state index in [0.29, 0.717) is 0 Å². The minimum Gasteiger partial charge on any atom is -0.384 e. The lowest BCUT2D eigenvalue weighted by atomic mass is 9.82. The highest BCUT2D eigenvalue weighted by Gasteiger charge is 2.25. The molecule has 3 unspecified atom stereocenters. The Labute approximate surface area is 88.2 Å². The van der Waals surface area contributed by atoms with E-state index in [2.05, 4.69) is 0 Å². The molecule has 2 saturated carbocycles. The molecule has 82 valence electrons. The maximum absolute atomic E-state index is 5.33. The van der Waals surface area contributed by atoms with Crippen molar-refractivity contribution in [1.29, 1.82) is 0 Å². The van der Waals surface area contributed by atoms with E-state index in [4.69, 9.17) is 4.74 Å². The maximum atomic E-state index is 5.33. The highest BCUT2D eigenvalue weighted by atomic mass is 16.5. The smallest absolute Gasteiger partial charge is 0.0490 e. The van der Waals surface area contributed by atoms with Gasteiger partial charge in [0, 0.05) is 13.7 Å². The van der Waals surface area contributed by atoms with Crippen molar-refractivity contribution in [3.05, 3.63) is 0 Å². The molecule has 0 N–H and O–H groups in total. The molecule has 1 heteroatoms. The second-order valence-corrected chi connectivity index (χ2v) is 5.37. The Morgan fingerprint density at radius 3 is 2.50 bits per heavy atom. The molecule has 0 saturated heterocycles. The number of rotatable bonds is 2. The van der Waals surface area contributed by atoms with E-state index >= 15 is 0 Å². The van der Waals surface area contributed by atoms with Crippen LogP contribution in [-0.4, -0.2) is 13.7 Å². The molecule has 0 aromatic rings. The first-order chi connectivity index (χ1) is 6.88.